The van der Waals surface area contributed by atoms with Crippen LogP contribution in [0.25, 0.3) is 0 Å². The van der Waals surface area contributed by atoms with E-state index in [1.807, 2.05) is 12.3 Å². The smallest absolute Gasteiger partial charge is 0.130 e. The number of nitrogens with zero attached hydrogens (tertiary/aromatic N) is 2. The molecule has 3 heteroatoms. The van der Waals surface area contributed by atoms with Gasteiger partial charge in [-0.15, -0.1) is 0 Å². The summed E-state index contributed by atoms with van der Waals surface area (Å²) in [5.74, 6) is 1.71. The monoisotopic (exact) mass is 233 g/mol. The van der Waals surface area contributed by atoms with Crippen LogP contribution in [0.1, 0.15) is 38.3 Å². The molecule has 1 saturated heterocycles. The summed E-state index contributed by atoms with van der Waals surface area (Å²) in [4.78, 5) is 6.92. The minimum Gasteiger partial charge on any atom is -0.370 e. The van der Waals surface area contributed by atoms with Crippen molar-refractivity contribution in [3.8, 4) is 0 Å². The quantitative estimate of drug-likeness (QED) is 0.866. The van der Waals surface area contributed by atoms with E-state index in [0.29, 0.717) is 12.0 Å². The highest BCUT2D eigenvalue weighted by atomic mass is 15.2. The van der Waals surface area contributed by atoms with Crippen LogP contribution in [0.4, 0.5) is 5.82 Å². The average molecular weight is 233 g/mol. The van der Waals surface area contributed by atoms with Gasteiger partial charge in [0, 0.05) is 24.3 Å². The zero-order valence-corrected chi connectivity index (χ0v) is 11.1. The first-order valence-electron chi connectivity index (χ1n) is 6.57. The molecule has 1 N–H and O–H groups in total. The lowest BCUT2D eigenvalue weighted by Crippen LogP contribution is -2.20. The molecule has 1 aromatic heterocycles. The van der Waals surface area contributed by atoms with Crippen LogP contribution in [0.5, 0.6) is 0 Å². The minimum atomic E-state index is 0.540. The van der Waals surface area contributed by atoms with Crippen molar-refractivity contribution in [1.82, 2.24) is 9.88 Å². The second kappa shape index (κ2) is 5.50. The molecule has 0 saturated carbocycles. The summed E-state index contributed by atoms with van der Waals surface area (Å²) in [7, 11) is 2.21. The Kier molecular flexibility index (Phi) is 4.00. The van der Waals surface area contributed by atoms with E-state index in [-0.39, 0.29) is 0 Å². The molecular weight excluding hydrogens is 210 g/mol. The number of anilines is 1. The molecule has 1 aromatic rings. The molecule has 0 amide bonds. The van der Waals surface area contributed by atoms with Gasteiger partial charge in [-0.2, -0.15) is 0 Å². The first-order chi connectivity index (χ1) is 8.18. The highest BCUT2D eigenvalue weighted by Gasteiger charge is 2.24. The third kappa shape index (κ3) is 2.97. The van der Waals surface area contributed by atoms with E-state index in [4.69, 9.17) is 0 Å². The molecule has 0 unspecified atom stereocenters. The first-order valence-corrected chi connectivity index (χ1v) is 6.57. The van der Waals surface area contributed by atoms with Crippen molar-refractivity contribution < 1.29 is 0 Å². The van der Waals surface area contributed by atoms with E-state index in [9.17, 15) is 0 Å². The molecule has 0 aliphatic carbocycles. The van der Waals surface area contributed by atoms with E-state index in [1.165, 1.54) is 24.9 Å². The van der Waals surface area contributed by atoms with Crippen LogP contribution in [0, 0.1) is 5.92 Å². The molecule has 3 nitrogen and oxygen atoms in total. The Morgan fingerprint density at radius 3 is 3.00 bits per heavy atom. The highest BCUT2D eigenvalue weighted by molar-refractivity contribution is 5.46. The van der Waals surface area contributed by atoms with Crippen LogP contribution in [-0.2, 0) is 0 Å². The second-order valence-electron chi connectivity index (χ2n) is 5.35. The van der Waals surface area contributed by atoms with Crippen molar-refractivity contribution in [3.05, 3.63) is 23.9 Å². The predicted molar refractivity (Wildman–Crippen MR) is 72.2 cm³/mol. The fourth-order valence-corrected chi connectivity index (χ4v) is 2.44. The van der Waals surface area contributed by atoms with E-state index in [0.717, 1.165) is 12.4 Å². The van der Waals surface area contributed by atoms with Crippen molar-refractivity contribution in [1.29, 1.82) is 0 Å². The molecule has 94 valence electrons. The maximum absolute atomic E-state index is 4.49. The van der Waals surface area contributed by atoms with Crippen molar-refractivity contribution in [3.63, 3.8) is 0 Å². The molecule has 2 rings (SSSR count). The minimum absolute atomic E-state index is 0.540. The zero-order chi connectivity index (χ0) is 12.3. The molecule has 1 atom stereocenters. The third-order valence-electron chi connectivity index (χ3n) is 3.40. The summed E-state index contributed by atoms with van der Waals surface area (Å²) >= 11 is 0. The Morgan fingerprint density at radius 2 is 2.35 bits per heavy atom. The van der Waals surface area contributed by atoms with E-state index in [1.54, 1.807) is 0 Å². The number of rotatable bonds is 4. The van der Waals surface area contributed by atoms with Gasteiger partial charge < -0.3 is 5.32 Å². The van der Waals surface area contributed by atoms with Crippen LogP contribution in [0.3, 0.4) is 0 Å². The highest BCUT2D eigenvalue weighted by Crippen LogP contribution is 2.33. The lowest BCUT2D eigenvalue weighted by molar-refractivity contribution is 0.317. The number of pyridine rings is 1. The third-order valence-corrected chi connectivity index (χ3v) is 3.40. The fraction of sp³-hybridized carbons (Fsp3) is 0.643. The summed E-state index contributed by atoms with van der Waals surface area (Å²) in [6.45, 7) is 6.62. The Hall–Kier alpha value is -1.09. The maximum atomic E-state index is 4.49. The molecular formula is C14H23N3. The van der Waals surface area contributed by atoms with E-state index >= 15 is 0 Å². The van der Waals surface area contributed by atoms with Crippen molar-refractivity contribution in [2.24, 2.45) is 5.92 Å². The zero-order valence-electron chi connectivity index (χ0n) is 11.1. The Labute approximate surface area is 104 Å². The molecule has 17 heavy (non-hydrogen) atoms. The molecule has 0 spiro atoms. The predicted octanol–water partition coefficient (Wildman–Crippen LogP) is 2.92. The van der Waals surface area contributed by atoms with Gasteiger partial charge in [0.05, 0.1) is 0 Å². The van der Waals surface area contributed by atoms with Gasteiger partial charge in [-0.1, -0.05) is 19.9 Å². The lowest BCUT2D eigenvalue weighted by Gasteiger charge is -2.22. The van der Waals surface area contributed by atoms with Crippen LogP contribution >= 0.6 is 0 Å². The van der Waals surface area contributed by atoms with Gasteiger partial charge in [-0.25, -0.2) is 4.98 Å². The molecule has 0 aromatic carbocycles. The molecule has 0 bridgehead atoms. The van der Waals surface area contributed by atoms with Crippen molar-refractivity contribution >= 4 is 5.82 Å². The standard InChI is InChI=1S/C14H23N3/c1-11(2)10-16-14-12(6-4-8-15-14)13-7-5-9-17(13)3/h4,6,8,11,13H,5,7,9-10H2,1-3H3,(H,15,16)/t13-/m1/s1. The maximum Gasteiger partial charge on any atom is 0.130 e. The lowest BCUT2D eigenvalue weighted by atomic mass is 10.1. The Bertz CT molecular complexity index is 362. The molecule has 1 aliphatic rings. The molecule has 1 aliphatic heterocycles. The van der Waals surface area contributed by atoms with Crippen molar-refractivity contribution in [2.45, 2.75) is 32.7 Å². The summed E-state index contributed by atoms with van der Waals surface area (Å²) in [5, 5.41) is 3.47. The van der Waals surface area contributed by atoms with Gasteiger partial charge in [0.2, 0.25) is 0 Å². The summed E-state index contributed by atoms with van der Waals surface area (Å²) < 4.78 is 0. The van der Waals surface area contributed by atoms with E-state index in [2.05, 4.69) is 42.2 Å². The van der Waals surface area contributed by atoms with Gasteiger partial charge in [0.25, 0.3) is 0 Å². The summed E-state index contributed by atoms with van der Waals surface area (Å²) in [6.07, 6.45) is 4.42. The summed E-state index contributed by atoms with van der Waals surface area (Å²) in [5.41, 5.74) is 1.35. The SMILES string of the molecule is CC(C)CNc1ncccc1[C@H]1CCCN1C. The number of hydrogen-bond donors (Lipinski definition) is 1. The largest absolute Gasteiger partial charge is 0.370 e. The Balaban J connectivity index is 2.15. The van der Waals surface area contributed by atoms with Gasteiger partial charge in [-0.3, -0.25) is 4.90 Å². The molecule has 2 heterocycles. The fourth-order valence-electron chi connectivity index (χ4n) is 2.44. The van der Waals surface area contributed by atoms with Gasteiger partial charge in [-0.05, 0) is 38.4 Å². The number of nitrogens with one attached hydrogen (secondary N) is 1. The number of likely N-dealkylation sites (tertiary alicyclic amines) is 1. The van der Waals surface area contributed by atoms with Crippen LogP contribution in [0.2, 0.25) is 0 Å². The summed E-state index contributed by atoms with van der Waals surface area (Å²) in [6, 6.07) is 4.79. The molecule has 1 fully saturated rings. The Morgan fingerprint density at radius 1 is 1.53 bits per heavy atom. The van der Waals surface area contributed by atoms with Gasteiger partial charge in [0.15, 0.2) is 0 Å². The average Bonchev–Trinajstić information content (AvgIpc) is 2.73. The molecule has 0 radical (unpaired) electrons. The number of aromatic nitrogens is 1. The topological polar surface area (TPSA) is 28.2 Å². The van der Waals surface area contributed by atoms with Crippen molar-refractivity contribution in [2.75, 3.05) is 25.5 Å². The van der Waals surface area contributed by atoms with Crippen LogP contribution in [0.15, 0.2) is 18.3 Å². The van der Waals surface area contributed by atoms with E-state index < -0.39 is 0 Å². The normalized spacial score (nSPS) is 21.1. The first kappa shape index (κ1) is 12.4. The van der Waals surface area contributed by atoms with Crippen LogP contribution in [-0.4, -0.2) is 30.0 Å². The van der Waals surface area contributed by atoms with Gasteiger partial charge >= 0.3 is 0 Å². The second-order valence-corrected chi connectivity index (χ2v) is 5.35. The number of hydrogen-bond acceptors (Lipinski definition) is 3. The van der Waals surface area contributed by atoms with Crippen LogP contribution < -0.4 is 5.32 Å². The van der Waals surface area contributed by atoms with Gasteiger partial charge in [0.1, 0.15) is 5.82 Å².